The highest BCUT2D eigenvalue weighted by atomic mass is 32.2. The molecule has 0 amide bonds. The smallest absolute Gasteiger partial charge is 0.244 e. The molecule has 0 bridgehead atoms. The number of rotatable bonds is 8. The highest BCUT2D eigenvalue weighted by Gasteiger charge is 2.19. The van der Waals surface area contributed by atoms with Crippen molar-refractivity contribution >= 4 is 10.0 Å². The Kier molecular flexibility index (Phi) is 6.27. The van der Waals surface area contributed by atoms with E-state index in [1.165, 1.54) is 7.11 Å². The third-order valence-electron chi connectivity index (χ3n) is 3.58. The van der Waals surface area contributed by atoms with Gasteiger partial charge in [0.05, 0.1) is 14.2 Å². The van der Waals surface area contributed by atoms with E-state index in [4.69, 9.17) is 14.2 Å². The number of benzene rings is 2. The molecule has 25 heavy (non-hydrogen) atoms. The average molecular weight is 365 g/mol. The van der Waals surface area contributed by atoms with Crippen LogP contribution < -0.4 is 18.9 Å². The molecular formula is C18H23NO5S. The van der Waals surface area contributed by atoms with Gasteiger partial charge in [-0.05, 0) is 49.2 Å². The number of hydrogen-bond acceptors (Lipinski definition) is 5. The standard InChI is InChI=1S/C18H23NO5S/c1-13-5-7-15(17(11-13)23-4)24-10-9-19-25(20,21)18-12-14(2)6-8-16(18)22-3/h5-8,11-12,19H,9-10H2,1-4H3. The minimum atomic E-state index is -3.69. The van der Waals surface area contributed by atoms with Crippen LogP contribution in [0.25, 0.3) is 0 Å². The number of methoxy groups -OCH3 is 2. The van der Waals surface area contributed by atoms with Gasteiger partial charge in [-0.3, -0.25) is 0 Å². The minimum absolute atomic E-state index is 0.114. The van der Waals surface area contributed by atoms with Gasteiger partial charge in [-0.25, -0.2) is 13.1 Å². The Morgan fingerprint density at radius 3 is 2.12 bits per heavy atom. The maximum atomic E-state index is 12.5. The maximum Gasteiger partial charge on any atom is 0.244 e. The highest BCUT2D eigenvalue weighted by Crippen LogP contribution is 2.28. The molecule has 0 aliphatic carbocycles. The van der Waals surface area contributed by atoms with Crippen LogP contribution in [-0.4, -0.2) is 35.8 Å². The Hall–Kier alpha value is -2.25. The molecule has 2 aromatic rings. The lowest BCUT2D eigenvalue weighted by molar-refractivity contribution is 0.298. The fourth-order valence-electron chi connectivity index (χ4n) is 2.30. The van der Waals surface area contributed by atoms with Crippen molar-refractivity contribution < 1.29 is 22.6 Å². The van der Waals surface area contributed by atoms with Gasteiger partial charge in [0, 0.05) is 6.54 Å². The summed E-state index contributed by atoms with van der Waals surface area (Å²) in [6.07, 6.45) is 0. The number of nitrogens with one attached hydrogen (secondary N) is 1. The van der Waals surface area contributed by atoms with Crippen LogP contribution in [0.15, 0.2) is 41.3 Å². The van der Waals surface area contributed by atoms with Gasteiger partial charge in [-0.2, -0.15) is 0 Å². The van der Waals surface area contributed by atoms with E-state index in [0.717, 1.165) is 11.1 Å². The van der Waals surface area contributed by atoms with Gasteiger partial charge in [0.15, 0.2) is 11.5 Å². The molecule has 2 aromatic carbocycles. The minimum Gasteiger partial charge on any atom is -0.495 e. The summed E-state index contributed by atoms with van der Waals surface area (Å²) >= 11 is 0. The molecule has 0 radical (unpaired) electrons. The van der Waals surface area contributed by atoms with Crippen molar-refractivity contribution in [2.24, 2.45) is 0 Å². The summed E-state index contributed by atoms with van der Waals surface area (Å²) in [4.78, 5) is 0.114. The first-order valence-corrected chi connectivity index (χ1v) is 9.27. The topological polar surface area (TPSA) is 73.9 Å². The molecule has 0 aromatic heterocycles. The van der Waals surface area contributed by atoms with Gasteiger partial charge in [0.25, 0.3) is 0 Å². The van der Waals surface area contributed by atoms with Crippen molar-refractivity contribution in [3.8, 4) is 17.2 Å². The van der Waals surface area contributed by atoms with E-state index in [0.29, 0.717) is 17.2 Å². The summed E-state index contributed by atoms with van der Waals surface area (Å²) < 4.78 is 43.5. The zero-order valence-electron chi connectivity index (χ0n) is 14.8. The predicted molar refractivity (Wildman–Crippen MR) is 96.1 cm³/mol. The lowest BCUT2D eigenvalue weighted by atomic mass is 10.2. The molecule has 0 unspecified atom stereocenters. The molecule has 0 heterocycles. The van der Waals surface area contributed by atoms with Crippen LogP contribution >= 0.6 is 0 Å². The molecule has 0 spiro atoms. The van der Waals surface area contributed by atoms with Crippen molar-refractivity contribution in [2.75, 3.05) is 27.4 Å². The van der Waals surface area contributed by atoms with Crippen LogP contribution in [0.5, 0.6) is 17.2 Å². The number of hydrogen-bond donors (Lipinski definition) is 1. The van der Waals surface area contributed by atoms with Crippen LogP contribution in [0, 0.1) is 13.8 Å². The fourth-order valence-corrected chi connectivity index (χ4v) is 3.57. The molecular weight excluding hydrogens is 342 g/mol. The van der Waals surface area contributed by atoms with Crippen molar-refractivity contribution in [2.45, 2.75) is 18.7 Å². The van der Waals surface area contributed by atoms with Gasteiger partial charge in [0.1, 0.15) is 17.3 Å². The SMILES string of the molecule is COc1cc(C)ccc1OCCNS(=O)(=O)c1cc(C)ccc1OC. The summed E-state index contributed by atoms with van der Waals surface area (Å²) in [6.45, 7) is 4.07. The second kappa shape index (κ2) is 8.22. The van der Waals surface area contributed by atoms with E-state index in [-0.39, 0.29) is 18.0 Å². The van der Waals surface area contributed by atoms with Crippen LogP contribution in [0.3, 0.4) is 0 Å². The molecule has 7 heteroatoms. The van der Waals surface area contributed by atoms with E-state index in [1.807, 2.05) is 26.0 Å². The van der Waals surface area contributed by atoms with Gasteiger partial charge >= 0.3 is 0 Å². The first kappa shape index (κ1) is 19.1. The van der Waals surface area contributed by atoms with Crippen LogP contribution in [0.2, 0.25) is 0 Å². The molecule has 0 aliphatic rings. The number of aryl methyl sites for hydroxylation is 2. The average Bonchev–Trinajstić information content (AvgIpc) is 2.59. The molecule has 0 fully saturated rings. The van der Waals surface area contributed by atoms with Crippen molar-refractivity contribution in [1.82, 2.24) is 4.72 Å². The quantitative estimate of drug-likeness (QED) is 0.728. The molecule has 0 saturated carbocycles. The summed E-state index contributed by atoms with van der Waals surface area (Å²) in [5, 5.41) is 0. The van der Waals surface area contributed by atoms with Crippen molar-refractivity contribution in [1.29, 1.82) is 0 Å². The Bertz CT molecular complexity index is 833. The number of ether oxygens (including phenoxy) is 3. The van der Waals surface area contributed by atoms with E-state index in [9.17, 15) is 8.42 Å². The largest absolute Gasteiger partial charge is 0.495 e. The third kappa shape index (κ3) is 4.87. The second-order valence-electron chi connectivity index (χ2n) is 5.55. The van der Waals surface area contributed by atoms with E-state index in [1.54, 1.807) is 31.4 Å². The lowest BCUT2D eigenvalue weighted by Gasteiger charge is -2.13. The van der Waals surface area contributed by atoms with Crippen molar-refractivity contribution in [3.05, 3.63) is 47.5 Å². The zero-order valence-corrected chi connectivity index (χ0v) is 15.6. The van der Waals surface area contributed by atoms with E-state index >= 15 is 0 Å². The van der Waals surface area contributed by atoms with Gasteiger partial charge in [-0.15, -0.1) is 0 Å². The Morgan fingerprint density at radius 2 is 1.48 bits per heavy atom. The van der Waals surface area contributed by atoms with Crippen LogP contribution in [-0.2, 0) is 10.0 Å². The zero-order chi connectivity index (χ0) is 18.4. The summed E-state index contributed by atoms with van der Waals surface area (Å²) in [6, 6.07) is 10.6. The normalized spacial score (nSPS) is 11.2. The van der Waals surface area contributed by atoms with Crippen LogP contribution in [0.1, 0.15) is 11.1 Å². The van der Waals surface area contributed by atoms with Gasteiger partial charge < -0.3 is 14.2 Å². The monoisotopic (exact) mass is 365 g/mol. The Labute approximate surface area is 148 Å². The third-order valence-corrected chi connectivity index (χ3v) is 5.06. The first-order chi connectivity index (χ1) is 11.9. The highest BCUT2D eigenvalue weighted by molar-refractivity contribution is 7.89. The second-order valence-corrected chi connectivity index (χ2v) is 7.29. The fraction of sp³-hybridized carbons (Fsp3) is 0.333. The van der Waals surface area contributed by atoms with Gasteiger partial charge in [-0.1, -0.05) is 12.1 Å². The van der Waals surface area contributed by atoms with E-state index < -0.39 is 10.0 Å². The summed E-state index contributed by atoms with van der Waals surface area (Å²) in [5.74, 6) is 1.49. The van der Waals surface area contributed by atoms with Crippen LogP contribution in [0.4, 0.5) is 0 Å². The predicted octanol–water partition coefficient (Wildman–Crippen LogP) is 2.68. The first-order valence-electron chi connectivity index (χ1n) is 7.79. The molecule has 1 N–H and O–H groups in total. The lowest BCUT2D eigenvalue weighted by Crippen LogP contribution is -2.28. The number of sulfonamides is 1. The molecule has 0 saturated heterocycles. The molecule has 0 atom stereocenters. The summed E-state index contributed by atoms with van der Waals surface area (Å²) in [7, 11) is -0.684. The Balaban J connectivity index is 2.01. The molecule has 6 nitrogen and oxygen atoms in total. The van der Waals surface area contributed by atoms with E-state index in [2.05, 4.69) is 4.72 Å². The Morgan fingerprint density at radius 1 is 0.880 bits per heavy atom. The maximum absolute atomic E-state index is 12.5. The van der Waals surface area contributed by atoms with Gasteiger partial charge in [0.2, 0.25) is 10.0 Å². The molecule has 2 rings (SSSR count). The van der Waals surface area contributed by atoms with Crippen molar-refractivity contribution in [3.63, 3.8) is 0 Å². The summed E-state index contributed by atoms with van der Waals surface area (Å²) in [5.41, 5.74) is 1.89. The molecule has 0 aliphatic heterocycles. The molecule has 136 valence electrons.